The summed E-state index contributed by atoms with van der Waals surface area (Å²) in [4.78, 5) is 15.8. The van der Waals surface area contributed by atoms with E-state index < -0.39 is 17.6 Å². The van der Waals surface area contributed by atoms with Gasteiger partial charge in [-0.3, -0.25) is 9.48 Å². The van der Waals surface area contributed by atoms with Gasteiger partial charge in [0.25, 0.3) is 5.91 Å². The second-order valence-corrected chi connectivity index (χ2v) is 5.15. The van der Waals surface area contributed by atoms with Crippen LogP contribution in [0.1, 0.15) is 22.8 Å². The number of hydrogen-bond donors (Lipinski definition) is 1. The van der Waals surface area contributed by atoms with Gasteiger partial charge < -0.3 is 5.32 Å². The molecule has 0 saturated heterocycles. The van der Waals surface area contributed by atoms with Crippen molar-refractivity contribution < 1.29 is 18.0 Å². The van der Waals surface area contributed by atoms with Crippen molar-refractivity contribution in [3.05, 3.63) is 47.0 Å². The largest absolute Gasteiger partial charge is 0.416 e. The van der Waals surface area contributed by atoms with Crippen molar-refractivity contribution in [3.63, 3.8) is 0 Å². The van der Waals surface area contributed by atoms with Crippen LogP contribution in [0.15, 0.2) is 30.9 Å². The SMILES string of the molecule is C[C@@H](Cn1cncn1)NC(=O)c1cc(Cl)cc(C(F)(F)F)c1. The van der Waals surface area contributed by atoms with Crippen molar-refractivity contribution in [1.82, 2.24) is 20.1 Å². The Morgan fingerprint density at radius 1 is 1.41 bits per heavy atom. The Kier molecular flexibility index (Phi) is 4.70. The standard InChI is InChI=1S/C13H12ClF3N4O/c1-8(5-21-7-18-6-19-21)20-12(22)9-2-10(13(15,16)17)4-11(14)3-9/h2-4,6-8H,5H2,1H3,(H,20,22)/t8-/m0/s1. The van der Waals surface area contributed by atoms with Crippen molar-refractivity contribution in [2.75, 3.05) is 0 Å². The Labute approximate surface area is 129 Å². The molecular weight excluding hydrogens is 321 g/mol. The molecule has 1 aromatic heterocycles. The van der Waals surface area contributed by atoms with Gasteiger partial charge in [-0.15, -0.1) is 0 Å². The van der Waals surface area contributed by atoms with Gasteiger partial charge in [0.15, 0.2) is 0 Å². The topological polar surface area (TPSA) is 59.8 Å². The third-order valence-corrected chi connectivity index (χ3v) is 3.01. The molecule has 5 nitrogen and oxygen atoms in total. The lowest BCUT2D eigenvalue weighted by atomic mass is 10.1. The molecule has 0 radical (unpaired) electrons. The van der Waals surface area contributed by atoms with Crippen LogP contribution in [0.4, 0.5) is 13.2 Å². The van der Waals surface area contributed by atoms with E-state index in [2.05, 4.69) is 15.4 Å². The van der Waals surface area contributed by atoms with E-state index in [4.69, 9.17) is 11.6 Å². The summed E-state index contributed by atoms with van der Waals surface area (Å²) in [5.74, 6) is -0.638. The Bertz CT molecular complexity index is 658. The fourth-order valence-electron chi connectivity index (χ4n) is 1.84. The zero-order valence-corrected chi connectivity index (χ0v) is 12.2. The molecule has 0 fully saturated rings. The lowest BCUT2D eigenvalue weighted by molar-refractivity contribution is -0.137. The fraction of sp³-hybridized carbons (Fsp3) is 0.308. The van der Waals surface area contributed by atoms with E-state index in [1.807, 2.05) is 0 Å². The first kappa shape index (κ1) is 16.3. The van der Waals surface area contributed by atoms with Crippen LogP contribution in [0.2, 0.25) is 5.02 Å². The molecule has 9 heteroatoms. The summed E-state index contributed by atoms with van der Waals surface area (Å²) < 4.78 is 39.7. The Balaban J connectivity index is 2.10. The van der Waals surface area contributed by atoms with E-state index >= 15 is 0 Å². The van der Waals surface area contributed by atoms with Gasteiger partial charge in [0, 0.05) is 16.6 Å². The van der Waals surface area contributed by atoms with Crippen molar-refractivity contribution in [2.24, 2.45) is 0 Å². The van der Waals surface area contributed by atoms with Crippen LogP contribution < -0.4 is 5.32 Å². The lowest BCUT2D eigenvalue weighted by Crippen LogP contribution is -2.36. The quantitative estimate of drug-likeness (QED) is 0.936. The van der Waals surface area contributed by atoms with Gasteiger partial charge in [-0.2, -0.15) is 18.3 Å². The van der Waals surface area contributed by atoms with E-state index in [1.165, 1.54) is 23.4 Å². The first-order valence-electron chi connectivity index (χ1n) is 6.27. The molecule has 0 aliphatic carbocycles. The molecular formula is C13H12ClF3N4O. The number of alkyl halides is 3. The number of nitrogens with one attached hydrogen (secondary N) is 1. The number of rotatable bonds is 4. The Morgan fingerprint density at radius 3 is 2.73 bits per heavy atom. The molecule has 0 unspecified atom stereocenters. The van der Waals surface area contributed by atoms with Crippen molar-refractivity contribution in [3.8, 4) is 0 Å². The third kappa shape index (κ3) is 4.20. The molecule has 1 atom stereocenters. The zero-order valence-electron chi connectivity index (χ0n) is 11.4. The van der Waals surface area contributed by atoms with E-state index in [1.54, 1.807) is 6.92 Å². The van der Waals surface area contributed by atoms with Crippen LogP contribution in [0.3, 0.4) is 0 Å². The van der Waals surface area contributed by atoms with Gasteiger partial charge in [0.05, 0.1) is 12.1 Å². The van der Waals surface area contributed by atoms with Crippen molar-refractivity contribution in [2.45, 2.75) is 25.7 Å². The predicted molar refractivity (Wildman–Crippen MR) is 73.4 cm³/mol. The Morgan fingerprint density at radius 2 is 2.14 bits per heavy atom. The second-order valence-electron chi connectivity index (χ2n) is 4.72. The Hall–Kier alpha value is -2.09. The van der Waals surface area contributed by atoms with Gasteiger partial charge in [-0.05, 0) is 25.1 Å². The number of aromatic nitrogens is 3. The number of amides is 1. The normalized spacial score (nSPS) is 13.0. The first-order chi connectivity index (χ1) is 10.3. The molecule has 0 aliphatic heterocycles. The lowest BCUT2D eigenvalue weighted by Gasteiger charge is -2.15. The van der Waals surface area contributed by atoms with Gasteiger partial charge >= 0.3 is 6.18 Å². The summed E-state index contributed by atoms with van der Waals surface area (Å²) in [6.45, 7) is 2.05. The average Bonchev–Trinajstić information content (AvgIpc) is 2.89. The van der Waals surface area contributed by atoms with E-state index in [9.17, 15) is 18.0 Å². The van der Waals surface area contributed by atoms with Crippen LogP contribution in [0.25, 0.3) is 0 Å². The number of nitrogens with zero attached hydrogens (tertiary/aromatic N) is 3. The maximum atomic E-state index is 12.7. The van der Waals surface area contributed by atoms with E-state index in [0.717, 1.165) is 12.1 Å². The zero-order chi connectivity index (χ0) is 16.3. The molecule has 22 heavy (non-hydrogen) atoms. The highest BCUT2D eigenvalue weighted by molar-refractivity contribution is 6.31. The van der Waals surface area contributed by atoms with E-state index in [0.29, 0.717) is 6.54 Å². The second kappa shape index (κ2) is 6.35. The molecule has 118 valence electrons. The smallest absolute Gasteiger partial charge is 0.348 e. The van der Waals surface area contributed by atoms with Crippen LogP contribution in [0, 0.1) is 0 Å². The first-order valence-corrected chi connectivity index (χ1v) is 6.64. The highest BCUT2D eigenvalue weighted by Gasteiger charge is 2.31. The van der Waals surface area contributed by atoms with Crippen LogP contribution >= 0.6 is 11.6 Å². The summed E-state index contributed by atoms with van der Waals surface area (Å²) in [7, 11) is 0. The van der Waals surface area contributed by atoms with Crippen LogP contribution in [-0.2, 0) is 12.7 Å². The minimum absolute atomic E-state index is 0.148. The van der Waals surface area contributed by atoms with Crippen LogP contribution in [0.5, 0.6) is 0 Å². The van der Waals surface area contributed by atoms with Crippen molar-refractivity contribution in [1.29, 1.82) is 0 Å². The highest BCUT2D eigenvalue weighted by Crippen LogP contribution is 2.31. The fourth-order valence-corrected chi connectivity index (χ4v) is 2.08. The molecule has 1 heterocycles. The summed E-state index contributed by atoms with van der Waals surface area (Å²) in [5.41, 5.74) is -1.11. The summed E-state index contributed by atoms with van der Waals surface area (Å²) in [6, 6.07) is 2.39. The number of halogens is 4. The average molecular weight is 333 g/mol. The summed E-state index contributed by atoms with van der Waals surface area (Å²) >= 11 is 5.65. The van der Waals surface area contributed by atoms with E-state index in [-0.39, 0.29) is 16.6 Å². The number of carbonyl (C=O) groups excluding carboxylic acids is 1. The molecule has 0 saturated carbocycles. The number of hydrogen-bond acceptors (Lipinski definition) is 3. The molecule has 2 rings (SSSR count). The maximum Gasteiger partial charge on any atom is 0.416 e. The molecule has 1 aromatic carbocycles. The number of carbonyl (C=O) groups is 1. The molecule has 1 amide bonds. The van der Waals surface area contributed by atoms with Crippen LogP contribution in [-0.4, -0.2) is 26.7 Å². The maximum absolute atomic E-state index is 12.7. The highest BCUT2D eigenvalue weighted by atomic mass is 35.5. The monoisotopic (exact) mass is 332 g/mol. The predicted octanol–water partition coefficient (Wildman–Crippen LogP) is 2.77. The van der Waals surface area contributed by atoms with Gasteiger partial charge in [-0.25, -0.2) is 4.98 Å². The van der Waals surface area contributed by atoms with Crippen molar-refractivity contribution >= 4 is 17.5 Å². The minimum Gasteiger partial charge on any atom is -0.348 e. The summed E-state index contributed by atoms with van der Waals surface area (Å²) in [5, 5.41) is 6.32. The number of benzene rings is 1. The van der Waals surface area contributed by atoms with Gasteiger partial charge in [0.1, 0.15) is 12.7 Å². The molecule has 2 aromatic rings. The third-order valence-electron chi connectivity index (χ3n) is 2.79. The molecule has 0 aliphatic rings. The van der Waals surface area contributed by atoms with Gasteiger partial charge in [0.2, 0.25) is 0 Å². The molecule has 0 spiro atoms. The molecule has 1 N–H and O–H groups in total. The minimum atomic E-state index is -4.56. The van der Waals surface area contributed by atoms with Gasteiger partial charge in [-0.1, -0.05) is 11.6 Å². The molecule has 0 bridgehead atoms. The summed E-state index contributed by atoms with van der Waals surface area (Å²) in [6.07, 6.45) is -1.74.